The third-order valence-corrected chi connectivity index (χ3v) is 4.34. The lowest BCUT2D eigenvalue weighted by Gasteiger charge is -2.50. The van der Waals surface area contributed by atoms with Gasteiger partial charge in [-0.25, -0.2) is 14.8 Å². The van der Waals surface area contributed by atoms with Crippen molar-refractivity contribution in [1.29, 1.82) is 0 Å². The molecule has 0 aliphatic carbocycles. The van der Waals surface area contributed by atoms with E-state index in [-0.39, 0.29) is 18.2 Å². The number of rotatable bonds is 3. The number of benzene rings is 1. The van der Waals surface area contributed by atoms with E-state index < -0.39 is 6.04 Å². The van der Waals surface area contributed by atoms with Crippen LogP contribution in [0, 0.1) is 0 Å². The van der Waals surface area contributed by atoms with Gasteiger partial charge in [-0.3, -0.25) is 4.79 Å². The Labute approximate surface area is 130 Å². The molecule has 6 heteroatoms. The van der Waals surface area contributed by atoms with E-state index in [2.05, 4.69) is 0 Å². The molecule has 2 aliphatic heterocycles. The van der Waals surface area contributed by atoms with E-state index in [9.17, 15) is 9.59 Å². The van der Waals surface area contributed by atoms with Crippen LogP contribution in [0.4, 0.5) is 4.79 Å². The molecule has 3 rings (SSSR count). The summed E-state index contributed by atoms with van der Waals surface area (Å²) in [5, 5.41) is 3.03. The fraction of sp³-hybridized carbons (Fsp3) is 0.500. The first-order valence-corrected chi connectivity index (χ1v) is 7.61. The van der Waals surface area contributed by atoms with Crippen LogP contribution in [-0.2, 0) is 16.1 Å². The predicted octanol–water partition coefficient (Wildman–Crippen LogP) is 1.82. The number of carbonyl (C=O) groups is 2. The van der Waals surface area contributed by atoms with Gasteiger partial charge >= 0.3 is 6.03 Å². The van der Waals surface area contributed by atoms with Gasteiger partial charge in [0.1, 0.15) is 6.04 Å². The highest BCUT2D eigenvalue weighted by Crippen LogP contribution is 2.27. The summed E-state index contributed by atoms with van der Waals surface area (Å²) in [6, 6.07) is 9.12. The SMILES string of the molecule is CO[C@@H]1CCCN2C(=O)N(Cc3ccccc3)[C@@H](C)C(=O)N12. The Hall–Kier alpha value is -2.08. The van der Waals surface area contributed by atoms with Crippen LogP contribution >= 0.6 is 0 Å². The van der Waals surface area contributed by atoms with E-state index in [0.29, 0.717) is 13.1 Å². The number of amides is 3. The maximum atomic E-state index is 12.8. The number of hydrazine groups is 1. The molecule has 0 spiro atoms. The second kappa shape index (κ2) is 5.96. The summed E-state index contributed by atoms with van der Waals surface area (Å²) in [5.41, 5.74) is 1.02. The topological polar surface area (TPSA) is 53.1 Å². The third kappa shape index (κ3) is 2.43. The van der Waals surface area contributed by atoms with E-state index in [0.717, 1.165) is 18.4 Å². The fourth-order valence-electron chi connectivity index (χ4n) is 3.09. The molecule has 1 aromatic carbocycles. The average Bonchev–Trinajstić information content (AvgIpc) is 2.57. The van der Waals surface area contributed by atoms with E-state index in [4.69, 9.17) is 4.74 Å². The van der Waals surface area contributed by atoms with Crippen LogP contribution in [0.5, 0.6) is 0 Å². The summed E-state index contributed by atoms with van der Waals surface area (Å²) in [6.45, 7) is 2.78. The molecule has 2 fully saturated rings. The van der Waals surface area contributed by atoms with Crippen molar-refractivity contribution >= 4 is 11.9 Å². The molecule has 1 aromatic rings. The first-order chi connectivity index (χ1) is 10.6. The maximum Gasteiger partial charge on any atom is 0.339 e. The van der Waals surface area contributed by atoms with Crippen molar-refractivity contribution in [3.8, 4) is 0 Å². The number of fused-ring (bicyclic) bond motifs is 1. The number of carbonyl (C=O) groups excluding carboxylic acids is 2. The largest absolute Gasteiger partial charge is 0.360 e. The minimum absolute atomic E-state index is 0.0814. The van der Waals surface area contributed by atoms with Crippen molar-refractivity contribution < 1.29 is 14.3 Å². The highest BCUT2D eigenvalue weighted by atomic mass is 16.5. The molecular formula is C16H21N3O3. The van der Waals surface area contributed by atoms with Crippen LogP contribution in [0.3, 0.4) is 0 Å². The summed E-state index contributed by atoms with van der Waals surface area (Å²) in [4.78, 5) is 27.1. The molecular weight excluding hydrogens is 282 g/mol. The van der Waals surface area contributed by atoms with Gasteiger partial charge in [-0.15, -0.1) is 0 Å². The second-order valence-electron chi connectivity index (χ2n) is 5.71. The summed E-state index contributed by atoms with van der Waals surface area (Å²) >= 11 is 0. The second-order valence-corrected chi connectivity index (χ2v) is 5.71. The predicted molar refractivity (Wildman–Crippen MR) is 80.4 cm³/mol. The Balaban J connectivity index is 1.85. The molecule has 2 heterocycles. The standard InChI is InChI=1S/C16H21N3O3/c1-12-15(20)19-14(22-2)9-6-10-18(19)16(21)17(12)11-13-7-4-3-5-8-13/h3-5,7-8,12,14H,6,9-11H2,1-2H3/t12-,14+/m0/s1. The Bertz CT molecular complexity index is 563. The van der Waals surface area contributed by atoms with Gasteiger partial charge in [0.2, 0.25) is 0 Å². The lowest BCUT2D eigenvalue weighted by molar-refractivity contribution is -0.198. The van der Waals surface area contributed by atoms with Gasteiger partial charge < -0.3 is 9.64 Å². The van der Waals surface area contributed by atoms with Crippen molar-refractivity contribution in [1.82, 2.24) is 14.9 Å². The van der Waals surface area contributed by atoms with Crippen molar-refractivity contribution in [2.45, 2.75) is 38.6 Å². The minimum Gasteiger partial charge on any atom is -0.360 e. The lowest BCUT2D eigenvalue weighted by atomic mass is 10.1. The van der Waals surface area contributed by atoms with Gasteiger partial charge in [-0.2, -0.15) is 0 Å². The Morgan fingerprint density at radius 3 is 2.64 bits per heavy atom. The molecule has 0 N–H and O–H groups in total. The van der Waals surface area contributed by atoms with Crippen molar-refractivity contribution in [2.75, 3.05) is 13.7 Å². The number of methoxy groups -OCH3 is 1. The molecule has 0 radical (unpaired) electrons. The van der Waals surface area contributed by atoms with Crippen LogP contribution < -0.4 is 0 Å². The van der Waals surface area contributed by atoms with E-state index in [1.165, 1.54) is 10.0 Å². The van der Waals surface area contributed by atoms with Crippen molar-refractivity contribution in [2.24, 2.45) is 0 Å². The molecule has 0 unspecified atom stereocenters. The van der Waals surface area contributed by atoms with Crippen LogP contribution in [-0.4, -0.2) is 52.8 Å². The lowest BCUT2D eigenvalue weighted by Crippen LogP contribution is -2.70. The molecule has 2 saturated heterocycles. The normalized spacial score (nSPS) is 25.5. The summed E-state index contributed by atoms with van der Waals surface area (Å²) < 4.78 is 5.37. The van der Waals surface area contributed by atoms with Crippen LogP contribution in [0.1, 0.15) is 25.3 Å². The van der Waals surface area contributed by atoms with E-state index in [1.807, 2.05) is 30.3 Å². The highest BCUT2D eigenvalue weighted by Gasteiger charge is 2.46. The Kier molecular flexibility index (Phi) is 4.02. The van der Waals surface area contributed by atoms with Gasteiger partial charge in [-0.1, -0.05) is 30.3 Å². The molecule has 0 saturated carbocycles. The zero-order valence-electron chi connectivity index (χ0n) is 12.9. The minimum atomic E-state index is -0.486. The number of urea groups is 1. The zero-order valence-corrected chi connectivity index (χ0v) is 12.9. The average molecular weight is 303 g/mol. The first-order valence-electron chi connectivity index (χ1n) is 7.61. The van der Waals surface area contributed by atoms with Gasteiger partial charge in [-0.05, 0) is 25.3 Å². The van der Waals surface area contributed by atoms with Gasteiger partial charge in [0, 0.05) is 20.2 Å². The number of hydrogen-bond donors (Lipinski definition) is 0. The monoisotopic (exact) mass is 303 g/mol. The Morgan fingerprint density at radius 1 is 1.23 bits per heavy atom. The third-order valence-electron chi connectivity index (χ3n) is 4.34. The highest BCUT2D eigenvalue weighted by molar-refractivity contribution is 5.92. The molecule has 0 aromatic heterocycles. The molecule has 0 bridgehead atoms. The van der Waals surface area contributed by atoms with Crippen LogP contribution in [0.25, 0.3) is 0 Å². The summed E-state index contributed by atoms with van der Waals surface area (Å²) in [6.07, 6.45) is 1.26. The molecule has 2 atom stereocenters. The van der Waals surface area contributed by atoms with E-state index >= 15 is 0 Å². The number of ether oxygens (including phenoxy) is 1. The summed E-state index contributed by atoms with van der Waals surface area (Å²) in [5.74, 6) is -0.0814. The maximum absolute atomic E-state index is 12.8. The van der Waals surface area contributed by atoms with Crippen LogP contribution in [0.15, 0.2) is 30.3 Å². The van der Waals surface area contributed by atoms with Gasteiger partial charge in [0.15, 0.2) is 6.23 Å². The fourth-order valence-corrected chi connectivity index (χ4v) is 3.09. The first kappa shape index (κ1) is 14.8. The Morgan fingerprint density at radius 2 is 1.95 bits per heavy atom. The smallest absolute Gasteiger partial charge is 0.339 e. The zero-order chi connectivity index (χ0) is 15.7. The van der Waals surface area contributed by atoms with Crippen molar-refractivity contribution in [3.05, 3.63) is 35.9 Å². The van der Waals surface area contributed by atoms with Gasteiger partial charge in [0.25, 0.3) is 5.91 Å². The number of hydrogen-bond acceptors (Lipinski definition) is 3. The summed E-state index contributed by atoms with van der Waals surface area (Å²) in [7, 11) is 1.58. The van der Waals surface area contributed by atoms with Crippen molar-refractivity contribution in [3.63, 3.8) is 0 Å². The van der Waals surface area contributed by atoms with Crippen LogP contribution in [0.2, 0.25) is 0 Å². The molecule has 22 heavy (non-hydrogen) atoms. The molecule has 3 amide bonds. The quantitative estimate of drug-likeness (QED) is 0.856. The van der Waals surface area contributed by atoms with E-state index in [1.54, 1.807) is 18.9 Å². The van der Waals surface area contributed by atoms with Gasteiger partial charge in [0.05, 0.1) is 0 Å². The molecule has 118 valence electrons. The number of nitrogens with zero attached hydrogens (tertiary/aromatic N) is 3. The molecule has 6 nitrogen and oxygen atoms in total. The molecule has 2 aliphatic rings.